The normalized spacial score (nSPS) is 28.0. The van der Waals surface area contributed by atoms with E-state index in [9.17, 15) is 0 Å². The number of hydrogen-bond acceptors (Lipinski definition) is 3. The van der Waals surface area contributed by atoms with E-state index in [1.165, 1.54) is 30.5 Å². The zero-order chi connectivity index (χ0) is 17.4. The van der Waals surface area contributed by atoms with Crippen molar-refractivity contribution < 1.29 is 4.74 Å². The molecule has 0 aliphatic carbocycles. The molecule has 0 radical (unpaired) electrons. The third-order valence-electron chi connectivity index (χ3n) is 6.08. The molecule has 0 aromatic heterocycles. The molecule has 2 aromatic rings. The Balaban J connectivity index is 1.70. The number of hydrogen-bond donors (Lipinski definition) is 0. The minimum absolute atomic E-state index is 0.0442. The number of rotatable bonds is 4. The van der Waals surface area contributed by atoms with Crippen LogP contribution in [0.2, 0.25) is 0 Å². The minimum atomic E-state index is 0.0442. The summed E-state index contributed by atoms with van der Waals surface area (Å²) in [5.41, 5.74) is 2.77. The van der Waals surface area contributed by atoms with Gasteiger partial charge in [0.05, 0.1) is 18.8 Å². The Labute approximate surface area is 151 Å². The van der Waals surface area contributed by atoms with Crippen molar-refractivity contribution in [3.05, 3.63) is 65.7 Å². The van der Waals surface area contributed by atoms with Gasteiger partial charge < -0.3 is 4.74 Å². The van der Waals surface area contributed by atoms with E-state index >= 15 is 0 Å². The van der Waals surface area contributed by atoms with Gasteiger partial charge in [-0.25, -0.2) is 0 Å². The summed E-state index contributed by atoms with van der Waals surface area (Å²) in [4.78, 5) is 5.39. The standard InChI is InChI=1S/C22H28N2O/c1-22(2)23-15-9-13-19(21(23)17-10-5-4-6-11-17)24(22)16-18-12-7-8-14-20(18)25-3/h4-8,10-12,14,19,21H,9,13,15-16H2,1-3H3. The van der Waals surface area contributed by atoms with E-state index in [2.05, 4.69) is 72.2 Å². The summed E-state index contributed by atoms with van der Waals surface area (Å²) >= 11 is 0. The van der Waals surface area contributed by atoms with Gasteiger partial charge in [-0.1, -0.05) is 48.5 Å². The molecule has 25 heavy (non-hydrogen) atoms. The highest BCUT2D eigenvalue weighted by Gasteiger charge is 2.53. The summed E-state index contributed by atoms with van der Waals surface area (Å²) in [5, 5.41) is 0. The molecule has 2 aliphatic heterocycles. The molecule has 3 heteroatoms. The quantitative estimate of drug-likeness (QED) is 0.820. The highest BCUT2D eigenvalue weighted by atomic mass is 16.5. The van der Waals surface area contributed by atoms with E-state index in [-0.39, 0.29) is 5.66 Å². The zero-order valence-electron chi connectivity index (χ0n) is 15.5. The van der Waals surface area contributed by atoms with Gasteiger partial charge in [0, 0.05) is 24.7 Å². The molecule has 0 spiro atoms. The molecule has 0 saturated carbocycles. The lowest BCUT2D eigenvalue weighted by atomic mass is 9.92. The maximum absolute atomic E-state index is 5.61. The van der Waals surface area contributed by atoms with Crippen molar-refractivity contribution in [3.63, 3.8) is 0 Å². The summed E-state index contributed by atoms with van der Waals surface area (Å²) < 4.78 is 5.61. The molecular formula is C22H28N2O. The van der Waals surface area contributed by atoms with Crippen molar-refractivity contribution in [3.8, 4) is 5.75 Å². The van der Waals surface area contributed by atoms with Crippen molar-refractivity contribution in [1.82, 2.24) is 9.80 Å². The van der Waals surface area contributed by atoms with Crippen LogP contribution in [-0.2, 0) is 6.54 Å². The Morgan fingerprint density at radius 1 is 1.04 bits per heavy atom. The summed E-state index contributed by atoms with van der Waals surface area (Å²) in [6.07, 6.45) is 2.54. The molecule has 2 aromatic carbocycles. The van der Waals surface area contributed by atoms with Gasteiger partial charge in [0.1, 0.15) is 5.75 Å². The SMILES string of the molecule is COc1ccccc1CN1C2CCCN(C2c2ccccc2)C1(C)C. The highest BCUT2D eigenvalue weighted by molar-refractivity contribution is 5.34. The molecule has 2 bridgehead atoms. The molecular weight excluding hydrogens is 308 g/mol. The van der Waals surface area contributed by atoms with Crippen molar-refractivity contribution in [2.24, 2.45) is 0 Å². The Kier molecular flexibility index (Phi) is 4.30. The second-order valence-corrected chi connectivity index (χ2v) is 7.69. The molecule has 132 valence electrons. The topological polar surface area (TPSA) is 15.7 Å². The van der Waals surface area contributed by atoms with E-state index in [1.54, 1.807) is 7.11 Å². The minimum Gasteiger partial charge on any atom is -0.496 e. The van der Waals surface area contributed by atoms with Gasteiger partial charge in [0.2, 0.25) is 0 Å². The van der Waals surface area contributed by atoms with Crippen LogP contribution in [-0.4, -0.2) is 35.2 Å². The summed E-state index contributed by atoms with van der Waals surface area (Å²) in [6, 6.07) is 20.5. The van der Waals surface area contributed by atoms with Crippen LogP contribution < -0.4 is 4.74 Å². The van der Waals surface area contributed by atoms with E-state index in [0.717, 1.165) is 12.3 Å². The monoisotopic (exact) mass is 336 g/mol. The fourth-order valence-electron chi connectivity index (χ4n) is 4.87. The third-order valence-corrected chi connectivity index (χ3v) is 6.08. The first kappa shape index (κ1) is 16.6. The summed E-state index contributed by atoms with van der Waals surface area (Å²) in [7, 11) is 1.77. The lowest BCUT2D eigenvalue weighted by Gasteiger charge is -2.39. The second-order valence-electron chi connectivity index (χ2n) is 7.69. The Hall–Kier alpha value is -1.84. The number of para-hydroxylation sites is 1. The fourth-order valence-corrected chi connectivity index (χ4v) is 4.87. The van der Waals surface area contributed by atoms with Gasteiger partial charge in [-0.3, -0.25) is 9.80 Å². The Bertz CT molecular complexity index is 728. The van der Waals surface area contributed by atoms with Crippen molar-refractivity contribution in [1.29, 1.82) is 0 Å². The van der Waals surface area contributed by atoms with E-state index < -0.39 is 0 Å². The van der Waals surface area contributed by atoms with Crippen LogP contribution in [0.5, 0.6) is 5.75 Å². The highest BCUT2D eigenvalue weighted by Crippen LogP contribution is 2.49. The second kappa shape index (κ2) is 6.47. The molecule has 0 amide bonds. The van der Waals surface area contributed by atoms with E-state index in [1.807, 2.05) is 6.07 Å². The van der Waals surface area contributed by atoms with Gasteiger partial charge in [-0.15, -0.1) is 0 Å². The largest absolute Gasteiger partial charge is 0.496 e. The van der Waals surface area contributed by atoms with Gasteiger partial charge in [-0.05, 0) is 38.3 Å². The zero-order valence-corrected chi connectivity index (χ0v) is 15.5. The van der Waals surface area contributed by atoms with Crippen LogP contribution >= 0.6 is 0 Å². The number of methoxy groups -OCH3 is 1. The summed E-state index contributed by atoms with van der Waals surface area (Å²) in [6.45, 7) is 6.86. The average molecular weight is 336 g/mol. The first-order valence-corrected chi connectivity index (χ1v) is 9.33. The van der Waals surface area contributed by atoms with Crippen LogP contribution in [0, 0.1) is 0 Å². The smallest absolute Gasteiger partial charge is 0.123 e. The lowest BCUT2D eigenvalue weighted by Crippen LogP contribution is -2.48. The number of benzene rings is 2. The van der Waals surface area contributed by atoms with Gasteiger partial charge >= 0.3 is 0 Å². The van der Waals surface area contributed by atoms with Gasteiger partial charge in [-0.2, -0.15) is 0 Å². The molecule has 4 rings (SSSR count). The average Bonchev–Trinajstić information content (AvgIpc) is 2.77. The number of nitrogens with zero attached hydrogens (tertiary/aromatic N) is 2. The Morgan fingerprint density at radius 2 is 1.76 bits per heavy atom. The van der Waals surface area contributed by atoms with Crippen molar-refractivity contribution in [2.75, 3.05) is 13.7 Å². The number of fused-ring (bicyclic) bond motifs is 2. The molecule has 2 fully saturated rings. The molecule has 2 aliphatic rings. The number of piperidine rings is 1. The van der Waals surface area contributed by atoms with Crippen LogP contribution in [0.4, 0.5) is 0 Å². The lowest BCUT2D eigenvalue weighted by molar-refractivity contribution is 0.0347. The predicted octanol–water partition coefficient (Wildman–Crippen LogP) is 4.45. The third kappa shape index (κ3) is 2.76. The van der Waals surface area contributed by atoms with Gasteiger partial charge in [0.25, 0.3) is 0 Å². The molecule has 3 nitrogen and oxygen atoms in total. The van der Waals surface area contributed by atoms with E-state index in [4.69, 9.17) is 4.74 Å². The number of ether oxygens (including phenoxy) is 1. The van der Waals surface area contributed by atoms with Crippen LogP contribution in [0.25, 0.3) is 0 Å². The fraction of sp³-hybridized carbons (Fsp3) is 0.455. The molecule has 2 heterocycles. The predicted molar refractivity (Wildman–Crippen MR) is 102 cm³/mol. The van der Waals surface area contributed by atoms with Crippen molar-refractivity contribution in [2.45, 2.75) is 51.0 Å². The molecule has 3 atom stereocenters. The van der Waals surface area contributed by atoms with Crippen LogP contribution in [0.15, 0.2) is 54.6 Å². The maximum Gasteiger partial charge on any atom is 0.123 e. The summed E-state index contributed by atoms with van der Waals surface area (Å²) in [5.74, 6) is 0.992. The first-order valence-electron chi connectivity index (χ1n) is 9.33. The maximum atomic E-state index is 5.61. The Morgan fingerprint density at radius 3 is 2.52 bits per heavy atom. The van der Waals surface area contributed by atoms with Gasteiger partial charge in [0.15, 0.2) is 0 Å². The van der Waals surface area contributed by atoms with Crippen LogP contribution in [0.3, 0.4) is 0 Å². The molecule has 3 unspecified atom stereocenters. The van der Waals surface area contributed by atoms with Crippen LogP contribution in [0.1, 0.15) is 43.9 Å². The molecule has 2 saturated heterocycles. The molecule has 0 N–H and O–H groups in total. The first-order chi connectivity index (χ1) is 12.1. The van der Waals surface area contributed by atoms with E-state index in [0.29, 0.717) is 12.1 Å². The van der Waals surface area contributed by atoms with Crippen molar-refractivity contribution >= 4 is 0 Å².